The first-order valence-electron chi connectivity index (χ1n) is 7.46. The molecule has 2 nitrogen and oxygen atoms in total. The zero-order valence-electron chi connectivity index (χ0n) is 12.7. The lowest BCUT2D eigenvalue weighted by Gasteiger charge is -2.32. The Kier molecular flexibility index (Phi) is 4.51. The number of benzene rings is 1. The molecule has 2 unspecified atom stereocenters. The van der Waals surface area contributed by atoms with Crippen LogP contribution in [0.25, 0.3) is 0 Å². The summed E-state index contributed by atoms with van der Waals surface area (Å²) in [7, 11) is 0. The highest BCUT2D eigenvalue weighted by Crippen LogP contribution is 2.33. The van der Waals surface area contributed by atoms with Crippen molar-refractivity contribution in [3.63, 3.8) is 0 Å². The summed E-state index contributed by atoms with van der Waals surface area (Å²) in [5.41, 5.74) is 9.33. The molecule has 1 fully saturated rings. The smallest absolute Gasteiger partial charge is 0.125 e. The highest BCUT2D eigenvalue weighted by molar-refractivity contribution is 5.43. The van der Waals surface area contributed by atoms with E-state index in [0.717, 1.165) is 17.6 Å². The predicted molar refractivity (Wildman–Crippen MR) is 80.4 cm³/mol. The largest absolute Gasteiger partial charge is 0.490 e. The van der Waals surface area contributed by atoms with Crippen molar-refractivity contribution in [2.45, 2.75) is 59.6 Å². The van der Waals surface area contributed by atoms with Gasteiger partial charge in [0, 0.05) is 6.54 Å². The van der Waals surface area contributed by atoms with Crippen LogP contribution in [0.2, 0.25) is 0 Å². The maximum atomic E-state index is 6.32. The van der Waals surface area contributed by atoms with Crippen LogP contribution in [0.5, 0.6) is 5.75 Å². The second-order valence-corrected chi connectivity index (χ2v) is 6.42. The number of hydrogen-bond acceptors (Lipinski definition) is 2. The van der Waals surface area contributed by atoms with E-state index in [0.29, 0.717) is 12.6 Å². The fourth-order valence-corrected chi connectivity index (χ4v) is 3.48. The summed E-state index contributed by atoms with van der Waals surface area (Å²) in [5.74, 6) is 2.62. The first kappa shape index (κ1) is 14.4. The van der Waals surface area contributed by atoms with Crippen LogP contribution in [0.4, 0.5) is 0 Å². The van der Waals surface area contributed by atoms with Gasteiger partial charge in [-0.25, -0.2) is 0 Å². The monoisotopic (exact) mass is 261 g/mol. The average molecular weight is 261 g/mol. The molecule has 1 aromatic carbocycles. The Bertz CT molecular complexity index is 408. The van der Waals surface area contributed by atoms with Crippen molar-refractivity contribution in [2.24, 2.45) is 17.6 Å². The highest BCUT2D eigenvalue weighted by atomic mass is 16.5. The molecule has 0 aromatic heterocycles. The summed E-state index contributed by atoms with van der Waals surface area (Å²) in [6.07, 6.45) is 4.08. The van der Waals surface area contributed by atoms with Crippen LogP contribution < -0.4 is 10.5 Å². The molecular weight excluding hydrogens is 234 g/mol. The van der Waals surface area contributed by atoms with Gasteiger partial charge < -0.3 is 10.5 Å². The Hall–Kier alpha value is -1.02. The van der Waals surface area contributed by atoms with Crippen molar-refractivity contribution in [3.8, 4) is 5.75 Å². The van der Waals surface area contributed by atoms with E-state index in [1.54, 1.807) is 0 Å². The van der Waals surface area contributed by atoms with E-state index in [4.69, 9.17) is 10.5 Å². The molecule has 2 heteroatoms. The molecule has 2 rings (SSSR count). The van der Waals surface area contributed by atoms with Crippen LogP contribution in [0.15, 0.2) is 12.1 Å². The molecule has 0 saturated heterocycles. The molecule has 1 aromatic rings. The highest BCUT2D eigenvalue weighted by Gasteiger charge is 2.26. The fourth-order valence-electron chi connectivity index (χ4n) is 3.48. The van der Waals surface area contributed by atoms with Gasteiger partial charge in [0.1, 0.15) is 5.75 Å². The SMILES string of the molecule is Cc1cc(CN)cc(C)c1OC1CC(C)CC(C)C1. The maximum Gasteiger partial charge on any atom is 0.125 e. The molecule has 0 bridgehead atoms. The maximum absolute atomic E-state index is 6.32. The summed E-state index contributed by atoms with van der Waals surface area (Å²) < 4.78 is 6.32. The Morgan fingerprint density at radius 2 is 1.58 bits per heavy atom. The van der Waals surface area contributed by atoms with Crippen LogP contribution in [0, 0.1) is 25.7 Å². The van der Waals surface area contributed by atoms with Gasteiger partial charge in [-0.15, -0.1) is 0 Å². The lowest BCUT2D eigenvalue weighted by Crippen LogP contribution is -2.29. The van der Waals surface area contributed by atoms with E-state index < -0.39 is 0 Å². The fraction of sp³-hybridized carbons (Fsp3) is 0.647. The van der Waals surface area contributed by atoms with Crippen molar-refractivity contribution >= 4 is 0 Å². The molecule has 19 heavy (non-hydrogen) atoms. The van der Waals surface area contributed by atoms with Gasteiger partial charge in [-0.1, -0.05) is 26.0 Å². The summed E-state index contributed by atoms with van der Waals surface area (Å²) >= 11 is 0. The Morgan fingerprint density at radius 1 is 1.05 bits per heavy atom. The number of nitrogens with two attached hydrogens (primary N) is 1. The summed E-state index contributed by atoms with van der Waals surface area (Å²) in [6, 6.07) is 4.30. The van der Waals surface area contributed by atoms with E-state index in [-0.39, 0.29) is 0 Å². The molecule has 0 amide bonds. The average Bonchev–Trinajstić information content (AvgIpc) is 2.32. The molecule has 0 heterocycles. The molecule has 106 valence electrons. The van der Waals surface area contributed by atoms with Crippen LogP contribution in [0.1, 0.15) is 49.8 Å². The molecule has 2 atom stereocenters. The number of rotatable bonds is 3. The number of hydrogen-bond donors (Lipinski definition) is 1. The standard InChI is InChI=1S/C17H27NO/c1-11-5-12(2)7-16(6-11)19-17-13(3)8-15(10-18)9-14(17)4/h8-9,11-12,16H,5-7,10,18H2,1-4H3. The molecule has 1 aliphatic carbocycles. The van der Waals surface area contributed by atoms with Gasteiger partial charge in [0.05, 0.1) is 6.10 Å². The lowest BCUT2D eigenvalue weighted by atomic mass is 9.81. The Morgan fingerprint density at radius 3 is 2.05 bits per heavy atom. The molecule has 1 aliphatic rings. The zero-order chi connectivity index (χ0) is 14.0. The van der Waals surface area contributed by atoms with Crippen LogP contribution in [-0.4, -0.2) is 6.10 Å². The van der Waals surface area contributed by atoms with Crippen LogP contribution in [-0.2, 0) is 6.54 Å². The molecule has 1 saturated carbocycles. The van der Waals surface area contributed by atoms with Crippen molar-refractivity contribution in [3.05, 3.63) is 28.8 Å². The van der Waals surface area contributed by atoms with Gasteiger partial charge in [0.15, 0.2) is 0 Å². The predicted octanol–water partition coefficient (Wildman–Crippen LogP) is 3.97. The lowest BCUT2D eigenvalue weighted by molar-refractivity contribution is 0.0996. The molecule has 0 aliphatic heterocycles. The minimum Gasteiger partial charge on any atom is -0.490 e. The number of aryl methyl sites for hydroxylation is 2. The summed E-state index contributed by atoms with van der Waals surface area (Å²) in [6.45, 7) is 9.51. The second-order valence-electron chi connectivity index (χ2n) is 6.42. The van der Waals surface area contributed by atoms with Crippen LogP contribution in [0.3, 0.4) is 0 Å². The van der Waals surface area contributed by atoms with Gasteiger partial charge >= 0.3 is 0 Å². The van der Waals surface area contributed by atoms with E-state index in [1.165, 1.54) is 36.0 Å². The van der Waals surface area contributed by atoms with Crippen LogP contribution >= 0.6 is 0 Å². The van der Waals surface area contributed by atoms with E-state index >= 15 is 0 Å². The quantitative estimate of drug-likeness (QED) is 0.893. The normalized spacial score (nSPS) is 27.3. The Labute approximate surface area is 117 Å². The Balaban J connectivity index is 2.14. The van der Waals surface area contributed by atoms with Crippen molar-refractivity contribution in [1.82, 2.24) is 0 Å². The molecule has 2 N–H and O–H groups in total. The first-order chi connectivity index (χ1) is 8.99. The van der Waals surface area contributed by atoms with Gasteiger partial charge in [0.2, 0.25) is 0 Å². The van der Waals surface area contributed by atoms with E-state index in [9.17, 15) is 0 Å². The summed E-state index contributed by atoms with van der Waals surface area (Å²) in [5, 5.41) is 0. The molecule has 0 spiro atoms. The first-order valence-corrected chi connectivity index (χ1v) is 7.46. The third kappa shape index (κ3) is 3.50. The van der Waals surface area contributed by atoms with Gasteiger partial charge in [0.25, 0.3) is 0 Å². The van der Waals surface area contributed by atoms with Gasteiger partial charge in [-0.2, -0.15) is 0 Å². The zero-order valence-corrected chi connectivity index (χ0v) is 12.7. The summed E-state index contributed by atoms with van der Waals surface area (Å²) in [4.78, 5) is 0. The molecular formula is C17H27NO. The van der Waals surface area contributed by atoms with Crippen molar-refractivity contribution < 1.29 is 4.74 Å². The van der Waals surface area contributed by atoms with Crippen molar-refractivity contribution in [1.29, 1.82) is 0 Å². The van der Waals surface area contributed by atoms with E-state index in [2.05, 4.69) is 39.8 Å². The van der Waals surface area contributed by atoms with Gasteiger partial charge in [-0.3, -0.25) is 0 Å². The topological polar surface area (TPSA) is 35.2 Å². The number of ether oxygens (including phenoxy) is 1. The minimum absolute atomic E-state index is 0.375. The minimum atomic E-state index is 0.375. The third-order valence-corrected chi connectivity index (χ3v) is 4.18. The second kappa shape index (κ2) is 5.96. The van der Waals surface area contributed by atoms with E-state index in [1.807, 2.05) is 0 Å². The van der Waals surface area contributed by atoms with Crippen molar-refractivity contribution in [2.75, 3.05) is 0 Å². The van der Waals surface area contributed by atoms with Gasteiger partial charge in [-0.05, 0) is 61.6 Å². The third-order valence-electron chi connectivity index (χ3n) is 4.18. The molecule has 0 radical (unpaired) electrons.